The molecule has 0 aromatic heterocycles. The Kier molecular flexibility index (Phi) is 12.1. The Morgan fingerprint density at radius 1 is 1.14 bits per heavy atom. The molecule has 1 aliphatic rings. The van der Waals surface area contributed by atoms with Gasteiger partial charge in [0.2, 0.25) is 5.91 Å². The number of rotatable bonds is 10. The quantitative estimate of drug-likeness (QED) is 0.224. The van der Waals surface area contributed by atoms with Crippen LogP contribution < -0.4 is 15.5 Å². The van der Waals surface area contributed by atoms with E-state index in [0.29, 0.717) is 13.0 Å². The van der Waals surface area contributed by atoms with Crippen molar-refractivity contribution in [2.24, 2.45) is 4.99 Å². The Hall–Kier alpha value is -1.35. The zero-order valence-corrected chi connectivity index (χ0v) is 19.9. The molecule has 1 aliphatic heterocycles. The van der Waals surface area contributed by atoms with Gasteiger partial charge in [-0.15, -0.1) is 24.0 Å². The van der Waals surface area contributed by atoms with Crippen LogP contribution in [-0.4, -0.2) is 56.0 Å². The van der Waals surface area contributed by atoms with Crippen LogP contribution in [0.3, 0.4) is 0 Å². The van der Waals surface area contributed by atoms with Crippen LogP contribution in [0.25, 0.3) is 0 Å². The van der Waals surface area contributed by atoms with Gasteiger partial charge in [-0.3, -0.25) is 4.79 Å². The minimum Gasteiger partial charge on any atom is -0.357 e. The van der Waals surface area contributed by atoms with Gasteiger partial charge in [0.05, 0.1) is 6.54 Å². The first-order valence-corrected chi connectivity index (χ1v) is 10.3. The van der Waals surface area contributed by atoms with Crippen molar-refractivity contribution in [3.8, 4) is 0 Å². The summed E-state index contributed by atoms with van der Waals surface area (Å²) >= 11 is 0. The van der Waals surface area contributed by atoms with Crippen molar-refractivity contribution in [3.05, 3.63) is 29.8 Å². The summed E-state index contributed by atoms with van der Waals surface area (Å²) in [5.74, 6) is 1.08. The fraction of sp³-hybridized carbons (Fsp3) is 0.619. The van der Waals surface area contributed by atoms with Gasteiger partial charge in [-0.1, -0.05) is 26.0 Å². The van der Waals surface area contributed by atoms with Gasteiger partial charge in [0.1, 0.15) is 0 Å². The van der Waals surface area contributed by atoms with E-state index >= 15 is 0 Å². The first-order valence-electron chi connectivity index (χ1n) is 10.3. The van der Waals surface area contributed by atoms with Crippen molar-refractivity contribution in [2.75, 3.05) is 44.2 Å². The molecule has 0 saturated carbocycles. The van der Waals surface area contributed by atoms with E-state index in [9.17, 15) is 4.79 Å². The van der Waals surface area contributed by atoms with Crippen molar-refractivity contribution in [3.63, 3.8) is 0 Å². The molecule has 1 aromatic rings. The predicted molar refractivity (Wildman–Crippen MR) is 129 cm³/mol. The van der Waals surface area contributed by atoms with Gasteiger partial charge < -0.3 is 20.4 Å². The van der Waals surface area contributed by atoms with E-state index in [1.54, 1.807) is 0 Å². The van der Waals surface area contributed by atoms with Crippen LogP contribution in [0.15, 0.2) is 29.3 Å². The lowest BCUT2D eigenvalue weighted by atomic mass is 10.2. The molecule has 28 heavy (non-hydrogen) atoms. The SMILES string of the molecule is CCNC(=NCc1ccc(N2CCCC2=O)cc1)NCCCN(CC)CC.I. The Morgan fingerprint density at radius 2 is 1.86 bits per heavy atom. The minimum absolute atomic E-state index is 0. The Labute approximate surface area is 187 Å². The molecular formula is C21H36IN5O. The maximum absolute atomic E-state index is 11.8. The second kappa shape index (κ2) is 13.8. The van der Waals surface area contributed by atoms with Gasteiger partial charge in [0.15, 0.2) is 5.96 Å². The second-order valence-corrected chi connectivity index (χ2v) is 6.82. The fourth-order valence-electron chi connectivity index (χ4n) is 3.26. The molecule has 0 atom stereocenters. The Balaban J connectivity index is 0.00000392. The molecule has 1 fully saturated rings. The topological polar surface area (TPSA) is 60.0 Å². The first-order chi connectivity index (χ1) is 13.2. The highest BCUT2D eigenvalue weighted by molar-refractivity contribution is 14.0. The summed E-state index contributed by atoms with van der Waals surface area (Å²) in [5, 5.41) is 6.72. The number of carbonyl (C=O) groups excluding carboxylic acids is 1. The number of hydrogen-bond acceptors (Lipinski definition) is 3. The van der Waals surface area contributed by atoms with Crippen LogP contribution in [0, 0.1) is 0 Å². The van der Waals surface area contributed by atoms with Crippen LogP contribution in [0.5, 0.6) is 0 Å². The molecule has 2 N–H and O–H groups in total. The number of amides is 1. The summed E-state index contributed by atoms with van der Waals surface area (Å²) in [4.78, 5) is 20.8. The molecule has 0 aliphatic carbocycles. The van der Waals surface area contributed by atoms with E-state index < -0.39 is 0 Å². The summed E-state index contributed by atoms with van der Waals surface area (Å²) in [6.45, 7) is 13.0. The van der Waals surface area contributed by atoms with Gasteiger partial charge in [-0.2, -0.15) is 0 Å². The molecule has 158 valence electrons. The maximum Gasteiger partial charge on any atom is 0.227 e. The van der Waals surface area contributed by atoms with Gasteiger partial charge in [-0.25, -0.2) is 4.99 Å². The lowest BCUT2D eigenvalue weighted by Crippen LogP contribution is -2.38. The van der Waals surface area contributed by atoms with Crippen molar-refractivity contribution >= 4 is 41.5 Å². The lowest BCUT2D eigenvalue weighted by Gasteiger charge is -2.18. The number of carbonyl (C=O) groups is 1. The third-order valence-corrected chi connectivity index (χ3v) is 4.92. The number of anilines is 1. The standard InChI is InChI=1S/C21H35N5O.HI/c1-4-22-21(23-14-8-15-25(5-2)6-3)24-17-18-10-12-19(13-11-18)26-16-7-9-20(26)27;/h10-13H,4-9,14-17H2,1-3H3,(H2,22,23,24);1H. The van der Waals surface area contributed by atoms with E-state index in [0.717, 1.165) is 69.3 Å². The molecule has 7 heteroatoms. The average molecular weight is 501 g/mol. The second-order valence-electron chi connectivity index (χ2n) is 6.82. The number of nitrogens with one attached hydrogen (secondary N) is 2. The summed E-state index contributed by atoms with van der Waals surface area (Å²) in [5.41, 5.74) is 2.14. The average Bonchev–Trinajstić information content (AvgIpc) is 3.12. The molecule has 2 rings (SSSR count). The van der Waals surface area contributed by atoms with E-state index in [1.807, 2.05) is 17.0 Å². The smallest absolute Gasteiger partial charge is 0.227 e. The molecule has 0 unspecified atom stereocenters. The van der Waals surface area contributed by atoms with Crippen molar-refractivity contribution < 1.29 is 4.79 Å². The summed E-state index contributed by atoms with van der Waals surface area (Å²) < 4.78 is 0. The summed E-state index contributed by atoms with van der Waals surface area (Å²) in [6.07, 6.45) is 2.72. The third-order valence-electron chi connectivity index (χ3n) is 4.92. The molecule has 1 saturated heterocycles. The number of nitrogens with zero attached hydrogens (tertiary/aromatic N) is 3. The highest BCUT2D eigenvalue weighted by Gasteiger charge is 2.21. The summed E-state index contributed by atoms with van der Waals surface area (Å²) in [7, 11) is 0. The van der Waals surface area contributed by atoms with Gasteiger partial charge in [-0.05, 0) is 57.1 Å². The normalized spacial score (nSPS) is 14.4. The molecule has 1 amide bonds. The van der Waals surface area contributed by atoms with Crippen molar-refractivity contribution in [1.29, 1.82) is 0 Å². The Bertz CT molecular complexity index is 601. The third kappa shape index (κ3) is 7.95. The largest absolute Gasteiger partial charge is 0.357 e. The number of guanidine groups is 1. The predicted octanol–water partition coefficient (Wildman–Crippen LogP) is 3.22. The van der Waals surface area contributed by atoms with E-state index in [1.165, 1.54) is 0 Å². The molecule has 1 heterocycles. The van der Waals surface area contributed by atoms with E-state index in [4.69, 9.17) is 0 Å². The van der Waals surface area contributed by atoms with Crippen LogP contribution >= 0.6 is 24.0 Å². The maximum atomic E-state index is 11.8. The fourth-order valence-corrected chi connectivity index (χ4v) is 3.26. The number of benzene rings is 1. The number of aliphatic imine (C=N–C) groups is 1. The van der Waals surface area contributed by atoms with Crippen molar-refractivity contribution in [2.45, 2.75) is 46.6 Å². The molecule has 6 nitrogen and oxygen atoms in total. The van der Waals surface area contributed by atoms with Gasteiger partial charge in [0.25, 0.3) is 0 Å². The van der Waals surface area contributed by atoms with E-state index in [-0.39, 0.29) is 29.9 Å². The molecule has 0 radical (unpaired) electrons. The number of hydrogen-bond donors (Lipinski definition) is 2. The molecule has 0 bridgehead atoms. The minimum atomic E-state index is 0. The molecule has 0 spiro atoms. The van der Waals surface area contributed by atoms with E-state index in [2.05, 4.69) is 53.4 Å². The molecular weight excluding hydrogens is 465 g/mol. The summed E-state index contributed by atoms with van der Waals surface area (Å²) in [6, 6.07) is 8.18. The monoisotopic (exact) mass is 501 g/mol. The highest BCUT2D eigenvalue weighted by atomic mass is 127. The van der Waals surface area contributed by atoms with Gasteiger partial charge in [0, 0.05) is 31.7 Å². The lowest BCUT2D eigenvalue weighted by molar-refractivity contribution is -0.117. The van der Waals surface area contributed by atoms with Crippen molar-refractivity contribution in [1.82, 2.24) is 15.5 Å². The molecule has 1 aromatic carbocycles. The van der Waals surface area contributed by atoms with Crippen LogP contribution in [0.1, 0.15) is 45.6 Å². The highest BCUT2D eigenvalue weighted by Crippen LogP contribution is 2.21. The first kappa shape index (κ1) is 24.7. The van der Waals surface area contributed by atoms with Crippen LogP contribution in [-0.2, 0) is 11.3 Å². The van der Waals surface area contributed by atoms with Crippen LogP contribution in [0.4, 0.5) is 5.69 Å². The number of halogens is 1. The van der Waals surface area contributed by atoms with Crippen LogP contribution in [0.2, 0.25) is 0 Å². The Morgan fingerprint density at radius 3 is 2.43 bits per heavy atom. The zero-order chi connectivity index (χ0) is 19.5. The van der Waals surface area contributed by atoms with Gasteiger partial charge >= 0.3 is 0 Å². The zero-order valence-electron chi connectivity index (χ0n) is 17.5.